The summed E-state index contributed by atoms with van der Waals surface area (Å²) < 4.78 is 0. The summed E-state index contributed by atoms with van der Waals surface area (Å²) in [5.41, 5.74) is 0. The van der Waals surface area contributed by atoms with Gasteiger partial charge in [-0.05, 0) is 58.8 Å². The Kier molecular flexibility index (Phi) is 5.40. The molecule has 2 heteroatoms. The van der Waals surface area contributed by atoms with E-state index in [1.807, 2.05) is 7.05 Å². The fourth-order valence-corrected chi connectivity index (χ4v) is 2.32. The third kappa shape index (κ3) is 3.65. The van der Waals surface area contributed by atoms with Crippen LogP contribution in [0, 0.1) is 0 Å². The van der Waals surface area contributed by atoms with Crippen LogP contribution in [-0.4, -0.2) is 37.6 Å². The molecule has 1 aliphatic rings. The van der Waals surface area contributed by atoms with Crippen LogP contribution in [0.25, 0.3) is 0 Å². The summed E-state index contributed by atoms with van der Waals surface area (Å²) in [5.74, 6) is 0. The highest BCUT2D eigenvalue weighted by Gasteiger charge is 2.22. The fourth-order valence-electron chi connectivity index (χ4n) is 2.32. The fraction of sp³-hybridized carbons (Fsp3) is 1.00. The second-order valence-electron chi connectivity index (χ2n) is 4.08. The van der Waals surface area contributed by atoms with Crippen molar-refractivity contribution in [2.24, 2.45) is 0 Å². The van der Waals surface area contributed by atoms with Crippen molar-refractivity contribution < 1.29 is 0 Å². The highest BCUT2D eigenvalue weighted by molar-refractivity contribution is 4.78. The Morgan fingerprint density at radius 1 is 1.46 bits per heavy atom. The zero-order valence-electron chi connectivity index (χ0n) is 9.18. The lowest BCUT2D eigenvalue weighted by Crippen LogP contribution is -2.30. The molecule has 0 aromatic rings. The average molecular weight is 184 g/mol. The minimum Gasteiger partial charge on any atom is -0.320 e. The molecule has 0 radical (unpaired) electrons. The van der Waals surface area contributed by atoms with Crippen LogP contribution in [0.4, 0.5) is 0 Å². The van der Waals surface area contributed by atoms with E-state index in [2.05, 4.69) is 17.1 Å². The van der Waals surface area contributed by atoms with E-state index in [-0.39, 0.29) is 0 Å². The van der Waals surface area contributed by atoms with E-state index in [0.29, 0.717) is 0 Å². The van der Waals surface area contributed by atoms with Gasteiger partial charge in [0.15, 0.2) is 0 Å². The highest BCUT2D eigenvalue weighted by atomic mass is 15.2. The van der Waals surface area contributed by atoms with Crippen LogP contribution in [0.3, 0.4) is 0 Å². The van der Waals surface area contributed by atoms with E-state index in [1.54, 1.807) is 0 Å². The molecule has 0 aromatic heterocycles. The first-order valence-electron chi connectivity index (χ1n) is 5.77. The van der Waals surface area contributed by atoms with Crippen LogP contribution < -0.4 is 5.32 Å². The van der Waals surface area contributed by atoms with Gasteiger partial charge in [0.1, 0.15) is 0 Å². The van der Waals surface area contributed by atoms with Crippen LogP contribution in [0.15, 0.2) is 0 Å². The van der Waals surface area contributed by atoms with Gasteiger partial charge >= 0.3 is 0 Å². The lowest BCUT2D eigenvalue weighted by molar-refractivity contribution is 0.240. The lowest BCUT2D eigenvalue weighted by atomic mass is 10.1. The van der Waals surface area contributed by atoms with Crippen molar-refractivity contribution in [3.05, 3.63) is 0 Å². The maximum Gasteiger partial charge on any atom is 0.00962 e. The van der Waals surface area contributed by atoms with Gasteiger partial charge in [-0.15, -0.1) is 0 Å². The van der Waals surface area contributed by atoms with Crippen LogP contribution in [-0.2, 0) is 0 Å². The molecule has 1 rings (SSSR count). The molecule has 1 aliphatic heterocycles. The average Bonchev–Trinajstić information content (AvgIpc) is 2.54. The Hall–Kier alpha value is -0.0800. The van der Waals surface area contributed by atoms with E-state index in [0.717, 1.165) is 6.04 Å². The largest absolute Gasteiger partial charge is 0.320 e. The second kappa shape index (κ2) is 6.39. The zero-order chi connectivity index (χ0) is 9.52. The molecule has 0 aromatic carbocycles. The summed E-state index contributed by atoms with van der Waals surface area (Å²) in [5, 5.41) is 3.22. The molecule has 13 heavy (non-hydrogen) atoms. The molecule has 78 valence electrons. The van der Waals surface area contributed by atoms with Gasteiger partial charge in [-0.3, -0.25) is 0 Å². The van der Waals surface area contributed by atoms with Crippen molar-refractivity contribution in [1.29, 1.82) is 0 Å². The first kappa shape index (κ1) is 11.0. The van der Waals surface area contributed by atoms with Gasteiger partial charge in [-0.25, -0.2) is 0 Å². The monoisotopic (exact) mass is 184 g/mol. The number of hydrogen-bond donors (Lipinski definition) is 1. The van der Waals surface area contributed by atoms with Gasteiger partial charge in [0, 0.05) is 6.04 Å². The van der Waals surface area contributed by atoms with E-state index >= 15 is 0 Å². The van der Waals surface area contributed by atoms with Gasteiger partial charge < -0.3 is 10.2 Å². The molecule has 1 atom stereocenters. The van der Waals surface area contributed by atoms with E-state index in [4.69, 9.17) is 0 Å². The number of nitrogens with zero attached hydrogens (tertiary/aromatic N) is 1. The van der Waals surface area contributed by atoms with Gasteiger partial charge in [0.2, 0.25) is 0 Å². The molecular formula is C11H24N2. The second-order valence-corrected chi connectivity index (χ2v) is 4.08. The Labute approximate surface area is 82.7 Å². The molecule has 1 saturated heterocycles. The predicted octanol–water partition coefficient (Wildman–Crippen LogP) is 1.86. The SMILES string of the molecule is CCCN1CCC[C@@H]1CCCNC. The summed E-state index contributed by atoms with van der Waals surface area (Å²) >= 11 is 0. The van der Waals surface area contributed by atoms with Crippen molar-refractivity contribution in [2.45, 2.75) is 45.1 Å². The molecule has 0 unspecified atom stereocenters. The number of nitrogens with one attached hydrogen (secondary N) is 1. The predicted molar refractivity (Wildman–Crippen MR) is 58.0 cm³/mol. The number of rotatable bonds is 6. The number of likely N-dealkylation sites (tertiary alicyclic amines) is 1. The quantitative estimate of drug-likeness (QED) is 0.634. The van der Waals surface area contributed by atoms with Crippen LogP contribution in [0.5, 0.6) is 0 Å². The van der Waals surface area contributed by atoms with Gasteiger partial charge in [-0.2, -0.15) is 0 Å². The van der Waals surface area contributed by atoms with Gasteiger partial charge in [0.25, 0.3) is 0 Å². The molecule has 0 bridgehead atoms. The van der Waals surface area contributed by atoms with Crippen LogP contribution in [0.2, 0.25) is 0 Å². The Morgan fingerprint density at radius 3 is 3.00 bits per heavy atom. The Bertz CT molecular complexity index is 125. The van der Waals surface area contributed by atoms with Crippen molar-refractivity contribution >= 4 is 0 Å². The molecule has 1 heterocycles. The summed E-state index contributed by atoms with van der Waals surface area (Å²) in [6.07, 6.45) is 6.89. The summed E-state index contributed by atoms with van der Waals surface area (Å²) in [6, 6.07) is 0.897. The standard InChI is InChI=1S/C11H24N2/c1-3-9-13-10-5-7-11(13)6-4-8-12-2/h11-12H,3-10H2,1-2H3/t11-/m0/s1. The zero-order valence-corrected chi connectivity index (χ0v) is 9.18. The summed E-state index contributed by atoms with van der Waals surface area (Å²) in [7, 11) is 2.04. The first-order chi connectivity index (χ1) is 6.38. The van der Waals surface area contributed by atoms with Crippen molar-refractivity contribution in [2.75, 3.05) is 26.7 Å². The van der Waals surface area contributed by atoms with Crippen molar-refractivity contribution in [1.82, 2.24) is 10.2 Å². The Balaban J connectivity index is 2.15. The molecule has 1 N–H and O–H groups in total. The van der Waals surface area contributed by atoms with Gasteiger partial charge in [0.05, 0.1) is 0 Å². The molecule has 0 amide bonds. The molecular weight excluding hydrogens is 160 g/mol. The molecule has 0 spiro atoms. The van der Waals surface area contributed by atoms with Crippen molar-refractivity contribution in [3.8, 4) is 0 Å². The van der Waals surface area contributed by atoms with Crippen LogP contribution >= 0.6 is 0 Å². The van der Waals surface area contributed by atoms with Gasteiger partial charge in [-0.1, -0.05) is 6.92 Å². The Morgan fingerprint density at radius 2 is 2.31 bits per heavy atom. The van der Waals surface area contributed by atoms with E-state index in [9.17, 15) is 0 Å². The minimum absolute atomic E-state index is 0.897. The van der Waals surface area contributed by atoms with E-state index < -0.39 is 0 Å². The topological polar surface area (TPSA) is 15.3 Å². The number of hydrogen-bond acceptors (Lipinski definition) is 2. The summed E-state index contributed by atoms with van der Waals surface area (Å²) in [6.45, 7) is 6.11. The molecule has 2 nitrogen and oxygen atoms in total. The summed E-state index contributed by atoms with van der Waals surface area (Å²) in [4.78, 5) is 2.68. The molecule has 0 saturated carbocycles. The normalized spacial score (nSPS) is 24.0. The third-order valence-electron chi connectivity index (χ3n) is 2.97. The van der Waals surface area contributed by atoms with E-state index in [1.165, 1.54) is 51.7 Å². The maximum absolute atomic E-state index is 3.22. The molecule has 0 aliphatic carbocycles. The smallest absolute Gasteiger partial charge is 0.00962 e. The third-order valence-corrected chi connectivity index (χ3v) is 2.97. The maximum atomic E-state index is 3.22. The molecule has 1 fully saturated rings. The van der Waals surface area contributed by atoms with Crippen molar-refractivity contribution in [3.63, 3.8) is 0 Å². The highest BCUT2D eigenvalue weighted by Crippen LogP contribution is 2.20. The first-order valence-corrected chi connectivity index (χ1v) is 5.77. The van der Waals surface area contributed by atoms with Crippen LogP contribution in [0.1, 0.15) is 39.0 Å². The minimum atomic E-state index is 0.897. The lowest BCUT2D eigenvalue weighted by Gasteiger charge is -2.23.